The van der Waals surface area contributed by atoms with E-state index in [0.717, 1.165) is 27.4 Å². The van der Waals surface area contributed by atoms with Gasteiger partial charge in [-0.15, -0.1) is 0 Å². The highest BCUT2D eigenvalue weighted by atomic mass is 32.2. The largest absolute Gasteiger partial charge is 0.411 e. The molecule has 0 fully saturated rings. The van der Waals surface area contributed by atoms with Crippen LogP contribution in [0.25, 0.3) is 0 Å². The van der Waals surface area contributed by atoms with Gasteiger partial charge in [0.05, 0.1) is 37.7 Å². The van der Waals surface area contributed by atoms with Crippen LogP contribution >= 0.6 is 0 Å². The minimum absolute atomic E-state index is 0.346. The molecule has 0 spiro atoms. The van der Waals surface area contributed by atoms with Crippen LogP contribution in [0.15, 0.2) is 81.7 Å². The van der Waals surface area contributed by atoms with Crippen LogP contribution in [0.3, 0.4) is 0 Å². The average molecular weight is 421 g/mol. The van der Waals surface area contributed by atoms with Crippen LogP contribution in [0.4, 0.5) is 11.4 Å². The minimum atomic E-state index is -1.33. The lowest BCUT2D eigenvalue weighted by Crippen LogP contribution is -2.24. The van der Waals surface area contributed by atoms with E-state index in [9.17, 15) is 9.00 Å². The molecule has 0 bridgehead atoms. The molecule has 0 aromatic heterocycles. The van der Waals surface area contributed by atoms with Crippen LogP contribution < -0.4 is 10.4 Å². The fourth-order valence-corrected chi connectivity index (χ4v) is 4.79. The summed E-state index contributed by atoms with van der Waals surface area (Å²) >= 11 is 0. The molecule has 0 aliphatic carbocycles. The second-order valence-corrected chi connectivity index (χ2v) is 8.25. The molecule has 0 saturated carbocycles. The van der Waals surface area contributed by atoms with E-state index in [-0.39, 0.29) is 0 Å². The van der Waals surface area contributed by atoms with Gasteiger partial charge in [0.25, 0.3) is 5.91 Å². The maximum absolute atomic E-state index is 13.1. The van der Waals surface area contributed by atoms with Gasteiger partial charge in [-0.25, -0.2) is 9.69 Å². The number of hydrogen-bond donors (Lipinski definition) is 3. The Labute approximate surface area is 175 Å². The zero-order chi connectivity index (χ0) is 21.3. The number of carbonyl (C=O) groups is 1. The Balaban J connectivity index is 1.80. The average Bonchev–Trinajstić information content (AvgIpc) is 2.80. The summed E-state index contributed by atoms with van der Waals surface area (Å²) in [6.45, 7) is 2.17. The standard InChI is InChI=1S/C22H19N3O4S/c1-14(23-27)17-10-11-21-19(12-17)25(18-4-2-3-5-20(18)30(21)29)13-15-6-8-16(9-7-15)22(26)24-28/h2-12,27-28H,13H2,1H3,(H,24,26)/b23-14+. The smallest absolute Gasteiger partial charge is 0.274 e. The van der Waals surface area contributed by atoms with Crippen molar-refractivity contribution in [3.05, 3.63) is 83.4 Å². The van der Waals surface area contributed by atoms with Gasteiger partial charge in [-0.3, -0.25) is 10.0 Å². The number of nitrogens with zero attached hydrogens (tertiary/aromatic N) is 2. The summed E-state index contributed by atoms with van der Waals surface area (Å²) in [6, 6.07) is 19.9. The maximum atomic E-state index is 13.1. The second kappa shape index (κ2) is 8.10. The van der Waals surface area contributed by atoms with Crippen LogP contribution in [0.2, 0.25) is 0 Å². The van der Waals surface area contributed by atoms with Gasteiger partial charge in [0, 0.05) is 17.7 Å². The number of rotatable bonds is 4. The summed E-state index contributed by atoms with van der Waals surface area (Å²) in [5, 5.41) is 21.2. The van der Waals surface area contributed by atoms with E-state index in [1.165, 1.54) is 0 Å². The molecular weight excluding hydrogens is 402 g/mol. The van der Waals surface area contributed by atoms with Crippen molar-refractivity contribution in [1.82, 2.24) is 5.48 Å². The highest BCUT2D eigenvalue weighted by Crippen LogP contribution is 2.43. The van der Waals surface area contributed by atoms with Gasteiger partial charge in [-0.1, -0.05) is 35.5 Å². The zero-order valence-electron chi connectivity index (χ0n) is 16.1. The van der Waals surface area contributed by atoms with Gasteiger partial charge in [0.15, 0.2) is 0 Å². The number of nitrogens with one attached hydrogen (secondary N) is 1. The third-order valence-electron chi connectivity index (χ3n) is 5.03. The molecule has 1 amide bonds. The topological polar surface area (TPSA) is 102 Å². The van der Waals surface area contributed by atoms with Gasteiger partial charge in [0.1, 0.15) is 0 Å². The fourth-order valence-electron chi connectivity index (χ4n) is 3.43. The minimum Gasteiger partial charge on any atom is -0.411 e. The number of hydroxylamine groups is 1. The molecule has 1 aliphatic rings. The monoisotopic (exact) mass is 421 g/mol. The van der Waals surface area contributed by atoms with Crippen molar-refractivity contribution in [3.63, 3.8) is 0 Å². The Morgan fingerprint density at radius 1 is 1.00 bits per heavy atom. The molecule has 3 aromatic carbocycles. The molecule has 152 valence electrons. The summed E-state index contributed by atoms with van der Waals surface area (Å²) in [7, 11) is -1.33. The SMILES string of the molecule is C/C(=N\O)c1ccc2c(c1)N(Cc1ccc(C(=O)NO)cc1)c1ccccc1S2=O. The lowest BCUT2D eigenvalue weighted by molar-refractivity contribution is 0.0706. The molecule has 0 saturated heterocycles. The Morgan fingerprint density at radius 3 is 2.37 bits per heavy atom. The quantitative estimate of drug-likeness (QED) is 0.257. The molecule has 3 aromatic rings. The zero-order valence-corrected chi connectivity index (χ0v) is 16.9. The normalized spacial score (nSPS) is 15.3. The van der Waals surface area contributed by atoms with Gasteiger partial charge >= 0.3 is 0 Å². The Morgan fingerprint density at radius 2 is 1.67 bits per heavy atom. The van der Waals surface area contributed by atoms with Crippen LogP contribution in [0, 0.1) is 0 Å². The van der Waals surface area contributed by atoms with Crippen molar-refractivity contribution in [2.75, 3.05) is 4.90 Å². The molecule has 8 heteroatoms. The van der Waals surface area contributed by atoms with Crippen molar-refractivity contribution < 1.29 is 19.4 Å². The summed E-state index contributed by atoms with van der Waals surface area (Å²) < 4.78 is 13.1. The summed E-state index contributed by atoms with van der Waals surface area (Å²) in [5.41, 5.74) is 5.68. The number of hydrogen-bond acceptors (Lipinski definition) is 6. The predicted molar refractivity (Wildman–Crippen MR) is 113 cm³/mol. The molecule has 1 aliphatic heterocycles. The molecule has 0 radical (unpaired) electrons. The molecule has 1 heterocycles. The molecule has 1 atom stereocenters. The molecular formula is C22H19N3O4S. The van der Waals surface area contributed by atoms with Crippen molar-refractivity contribution in [3.8, 4) is 0 Å². The van der Waals surface area contributed by atoms with Crippen LogP contribution in [-0.2, 0) is 17.3 Å². The number of oxime groups is 1. The Bertz CT molecular complexity index is 1180. The first kappa shape index (κ1) is 19.8. The van der Waals surface area contributed by atoms with Crippen LogP contribution in [0.5, 0.6) is 0 Å². The van der Waals surface area contributed by atoms with E-state index in [4.69, 9.17) is 10.4 Å². The van der Waals surface area contributed by atoms with E-state index >= 15 is 0 Å². The predicted octanol–water partition coefficient (Wildman–Crippen LogP) is 3.82. The van der Waals surface area contributed by atoms with Gasteiger partial charge < -0.3 is 10.1 Å². The van der Waals surface area contributed by atoms with E-state index in [2.05, 4.69) is 10.1 Å². The Hall–Kier alpha value is -3.49. The molecule has 3 N–H and O–H groups in total. The first-order chi connectivity index (χ1) is 14.5. The number of amides is 1. The van der Waals surface area contributed by atoms with Gasteiger partial charge in [0.2, 0.25) is 0 Å². The third kappa shape index (κ3) is 3.47. The summed E-state index contributed by atoms with van der Waals surface area (Å²) in [5.74, 6) is -0.575. The maximum Gasteiger partial charge on any atom is 0.274 e. The molecule has 30 heavy (non-hydrogen) atoms. The molecule has 4 rings (SSSR count). The molecule has 7 nitrogen and oxygen atoms in total. The van der Waals surface area contributed by atoms with Crippen LogP contribution in [0.1, 0.15) is 28.4 Å². The van der Waals surface area contributed by atoms with Crippen molar-refractivity contribution in [1.29, 1.82) is 0 Å². The highest BCUT2D eigenvalue weighted by molar-refractivity contribution is 7.85. The van der Waals surface area contributed by atoms with Crippen LogP contribution in [-0.4, -0.2) is 26.2 Å². The van der Waals surface area contributed by atoms with E-state index < -0.39 is 16.7 Å². The second-order valence-electron chi connectivity index (χ2n) is 6.83. The fraction of sp³-hybridized carbons (Fsp3) is 0.0909. The summed E-state index contributed by atoms with van der Waals surface area (Å²) in [6.07, 6.45) is 0. The van der Waals surface area contributed by atoms with Crippen molar-refractivity contribution in [2.24, 2.45) is 5.16 Å². The first-order valence-corrected chi connectivity index (χ1v) is 10.3. The van der Waals surface area contributed by atoms with Gasteiger partial charge in [-0.2, -0.15) is 0 Å². The number of benzene rings is 3. The lowest BCUT2D eigenvalue weighted by Gasteiger charge is -2.33. The Kier molecular flexibility index (Phi) is 5.35. The summed E-state index contributed by atoms with van der Waals surface area (Å²) in [4.78, 5) is 15.0. The van der Waals surface area contributed by atoms with Crippen molar-refractivity contribution in [2.45, 2.75) is 23.3 Å². The molecule has 1 unspecified atom stereocenters. The lowest BCUT2D eigenvalue weighted by atomic mass is 10.1. The van der Waals surface area contributed by atoms with E-state index in [1.54, 1.807) is 36.7 Å². The van der Waals surface area contributed by atoms with Gasteiger partial charge in [-0.05, 0) is 48.9 Å². The van der Waals surface area contributed by atoms with E-state index in [0.29, 0.717) is 22.7 Å². The number of fused-ring (bicyclic) bond motifs is 2. The number of anilines is 2. The van der Waals surface area contributed by atoms with E-state index in [1.807, 2.05) is 42.5 Å². The third-order valence-corrected chi connectivity index (χ3v) is 6.52. The highest BCUT2D eigenvalue weighted by Gasteiger charge is 2.28. The number of carbonyl (C=O) groups excluding carboxylic acids is 1. The first-order valence-electron chi connectivity index (χ1n) is 9.18. The van der Waals surface area contributed by atoms with Crippen molar-refractivity contribution >= 4 is 33.8 Å². The number of para-hydroxylation sites is 1.